The molecule has 2 aliphatic rings. The molecule has 0 amide bonds. The van der Waals surface area contributed by atoms with Crippen LogP contribution in [0.1, 0.15) is 73.1 Å². The predicted molar refractivity (Wildman–Crippen MR) is 92.6 cm³/mol. The molecule has 124 valence electrons. The summed E-state index contributed by atoms with van der Waals surface area (Å²) in [6.45, 7) is 15.8. The van der Waals surface area contributed by atoms with Gasteiger partial charge in [-0.05, 0) is 36.5 Å². The number of hydrogen-bond donors (Lipinski definition) is 1. The number of piperazine rings is 1. The van der Waals surface area contributed by atoms with Crippen molar-refractivity contribution in [2.75, 3.05) is 19.6 Å². The Bertz CT molecular complexity index is 307. The first-order valence-corrected chi connectivity index (χ1v) is 9.48. The van der Waals surface area contributed by atoms with Crippen LogP contribution in [-0.4, -0.2) is 36.6 Å². The zero-order valence-electron chi connectivity index (χ0n) is 15.1. The summed E-state index contributed by atoms with van der Waals surface area (Å²) in [5, 5.41) is 3.84. The summed E-state index contributed by atoms with van der Waals surface area (Å²) in [5.41, 5.74) is 0.629. The molecule has 2 fully saturated rings. The third-order valence-electron chi connectivity index (χ3n) is 6.54. The van der Waals surface area contributed by atoms with Crippen molar-refractivity contribution in [3.63, 3.8) is 0 Å². The lowest BCUT2D eigenvalue weighted by atomic mass is 9.81. The summed E-state index contributed by atoms with van der Waals surface area (Å²) >= 11 is 0. The van der Waals surface area contributed by atoms with Gasteiger partial charge in [-0.15, -0.1) is 0 Å². The first-order valence-electron chi connectivity index (χ1n) is 9.48. The summed E-state index contributed by atoms with van der Waals surface area (Å²) in [7, 11) is 0. The summed E-state index contributed by atoms with van der Waals surface area (Å²) in [5.74, 6) is 1.55. The summed E-state index contributed by atoms with van der Waals surface area (Å²) in [6.07, 6.45) is 8.51. The lowest BCUT2D eigenvalue weighted by molar-refractivity contribution is 0.0382. The predicted octanol–water partition coefficient (Wildman–Crippen LogP) is 4.30. The third kappa shape index (κ3) is 4.01. The van der Waals surface area contributed by atoms with Crippen LogP contribution in [0.5, 0.6) is 0 Å². The van der Waals surface area contributed by atoms with Crippen LogP contribution in [0.15, 0.2) is 0 Å². The molecule has 0 aromatic heterocycles. The van der Waals surface area contributed by atoms with Gasteiger partial charge in [-0.1, -0.05) is 53.9 Å². The molecule has 3 atom stereocenters. The molecule has 1 aliphatic carbocycles. The van der Waals surface area contributed by atoms with E-state index in [0.717, 1.165) is 17.9 Å². The van der Waals surface area contributed by atoms with Crippen molar-refractivity contribution in [3.05, 3.63) is 0 Å². The van der Waals surface area contributed by atoms with Crippen LogP contribution in [0.4, 0.5) is 0 Å². The normalized spacial score (nSPS) is 31.7. The van der Waals surface area contributed by atoms with Crippen LogP contribution in [0.2, 0.25) is 0 Å². The second-order valence-corrected chi connectivity index (χ2v) is 8.20. The van der Waals surface area contributed by atoms with E-state index in [0.29, 0.717) is 11.5 Å². The van der Waals surface area contributed by atoms with Crippen molar-refractivity contribution in [1.82, 2.24) is 10.2 Å². The molecule has 2 rings (SSSR count). The van der Waals surface area contributed by atoms with Crippen LogP contribution in [0, 0.1) is 17.3 Å². The molecule has 2 nitrogen and oxygen atoms in total. The zero-order chi connectivity index (χ0) is 15.5. The van der Waals surface area contributed by atoms with E-state index >= 15 is 0 Å². The highest BCUT2D eigenvalue weighted by Gasteiger charge is 2.39. The van der Waals surface area contributed by atoms with Crippen molar-refractivity contribution in [2.45, 2.75) is 85.2 Å². The van der Waals surface area contributed by atoms with Crippen molar-refractivity contribution in [3.8, 4) is 0 Å². The standard InChI is InChI=1S/C19H38N2/c1-6-16(5)17-13-21(18(12-20-17)15(3)4)14-19(7-2)10-8-9-11-19/h15-18,20H,6-14H2,1-5H3. The molecule has 3 unspecified atom stereocenters. The molecule has 1 aliphatic heterocycles. The first-order chi connectivity index (χ1) is 10.0. The molecule has 1 saturated heterocycles. The van der Waals surface area contributed by atoms with Crippen LogP contribution >= 0.6 is 0 Å². The van der Waals surface area contributed by atoms with Gasteiger partial charge >= 0.3 is 0 Å². The highest BCUT2D eigenvalue weighted by atomic mass is 15.2. The molecule has 1 heterocycles. The second kappa shape index (κ2) is 7.46. The Labute approximate surface area is 133 Å². The Balaban J connectivity index is 2.06. The van der Waals surface area contributed by atoms with E-state index in [9.17, 15) is 0 Å². The van der Waals surface area contributed by atoms with Crippen molar-refractivity contribution >= 4 is 0 Å². The van der Waals surface area contributed by atoms with E-state index in [2.05, 4.69) is 44.8 Å². The SMILES string of the molecule is CCC(C)C1CN(CC2(CC)CCCC2)C(C(C)C)CN1. The minimum Gasteiger partial charge on any atom is -0.311 e. The minimum atomic E-state index is 0.629. The van der Waals surface area contributed by atoms with Crippen molar-refractivity contribution < 1.29 is 0 Å². The summed E-state index contributed by atoms with van der Waals surface area (Å²) in [4.78, 5) is 2.87. The average Bonchev–Trinajstić information content (AvgIpc) is 2.95. The number of hydrogen-bond acceptors (Lipinski definition) is 2. The minimum absolute atomic E-state index is 0.629. The maximum absolute atomic E-state index is 3.84. The Morgan fingerprint density at radius 2 is 1.81 bits per heavy atom. The monoisotopic (exact) mass is 294 g/mol. The van der Waals surface area contributed by atoms with Gasteiger partial charge in [0.15, 0.2) is 0 Å². The van der Waals surface area contributed by atoms with Crippen molar-refractivity contribution in [2.24, 2.45) is 17.3 Å². The Morgan fingerprint density at radius 1 is 1.14 bits per heavy atom. The lowest BCUT2D eigenvalue weighted by Gasteiger charge is -2.47. The topological polar surface area (TPSA) is 15.3 Å². The fourth-order valence-corrected chi connectivity index (χ4v) is 4.54. The fourth-order valence-electron chi connectivity index (χ4n) is 4.54. The Hall–Kier alpha value is -0.0800. The fraction of sp³-hybridized carbons (Fsp3) is 1.00. The molecule has 1 saturated carbocycles. The average molecular weight is 295 g/mol. The van der Waals surface area contributed by atoms with Gasteiger partial charge < -0.3 is 5.32 Å². The molecule has 0 radical (unpaired) electrons. The van der Waals surface area contributed by atoms with E-state index in [-0.39, 0.29) is 0 Å². The largest absolute Gasteiger partial charge is 0.311 e. The molecule has 21 heavy (non-hydrogen) atoms. The number of nitrogens with one attached hydrogen (secondary N) is 1. The van der Waals surface area contributed by atoms with Gasteiger partial charge in [-0.25, -0.2) is 0 Å². The van der Waals surface area contributed by atoms with Gasteiger partial charge in [-0.3, -0.25) is 4.90 Å². The zero-order valence-corrected chi connectivity index (χ0v) is 15.1. The van der Waals surface area contributed by atoms with E-state index in [1.54, 1.807) is 0 Å². The second-order valence-electron chi connectivity index (χ2n) is 8.20. The number of nitrogens with zero attached hydrogens (tertiary/aromatic N) is 1. The molecular formula is C19H38N2. The van der Waals surface area contributed by atoms with Crippen LogP contribution in [0.25, 0.3) is 0 Å². The Morgan fingerprint density at radius 3 is 2.33 bits per heavy atom. The van der Waals surface area contributed by atoms with Gasteiger partial charge in [-0.2, -0.15) is 0 Å². The molecule has 0 spiro atoms. The maximum Gasteiger partial charge on any atom is 0.0244 e. The molecule has 0 bridgehead atoms. The molecule has 1 N–H and O–H groups in total. The molecular weight excluding hydrogens is 256 g/mol. The molecule has 0 aromatic carbocycles. The van der Waals surface area contributed by atoms with Gasteiger partial charge in [0.2, 0.25) is 0 Å². The quantitative estimate of drug-likeness (QED) is 0.785. The lowest BCUT2D eigenvalue weighted by Crippen LogP contribution is -2.61. The molecule has 2 heteroatoms. The van der Waals surface area contributed by atoms with E-state index in [1.807, 2.05) is 0 Å². The number of rotatable bonds is 6. The summed E-state index contributed by atoms with van der Waals surface area (Å²) < 4.78 is 0. The van der Waals surface area contributed by atoms with Gasteiger partial charge in [0.1, 0.15) is 0 Å². The van der Waals surface area contributed by atoms with Crippen LogP contribution in [-0.2, 0) is 0 Å². The summed E-state index contributed by atoms with van der Waals surface area (Å²) in [6, 6.07) is 1.43. The van der Waals surface area contributed by atoms with E-state index in [1.165, 1.54) is 58.2 Å². The highest BCUT2D eigenvalue weighted by molar-refractivity contribution is 4.94. The molecule has 0 aromatic rings. The maximum atomic E-state index is 3.84. The van der Waals surface area contributed by atoms with Crippen LogP contribution in [0.3, 0.4) is 0 Å². The van der Waals surface area contributed by atoms with E-state index < -0.39 is 0 Å². The van der Waals surface area contributed by atoms with Gasteiger partial charge in [0, 0.05) is 31.7 Å². The van der Waals surface area contributed by atoms with E-state index in [4.69, 9.17) is 0 Å². The smallest absolute Gasteiger partial charge is 0.0244 e. The first kappa shape index (κ1) is 17.3. The Kier molecular flexibility index (Phi) is 6.14. The highest BCUT2D eigenvalue weighted by Crippen LogP contribution is 2.42. The van der Waals surface area contributed by atoms with Crippen LogP contribution < -0.4 is 5.32 Å². The van der Waals surface area contributed by atoms with Gasteiger partial charge in [0.25, 0.3) is 0 Å². The van der Waals surface area contributed by atoms with Gasteiger partial charge in [0.05, 0.1) is 0 Å². The van der Waals surface area contributed by atoms with Crippen molar-refractivity contribution in [1.29, 1.82) is 0 Å². The third-order valence-corrected chi connectivity index (χ3v) is 6.54.